The van der Waals surface area contributed by atoms with Crippen LogP contribution in [0.5, 0.6) is 5.75 Å². The molecule has 1 aliphatic heterocycles. The molecule has 0 N–H and O–H groups in total. The van der Waals surface area contributed by atoms with Gasteiger partial charge in [0, 0.05) is 17.1 Å². The number of halogens is 1. The molecule has 1 amide bonds. The van der Waals surface area contributed by atoms with Crippen molar-refractivity contribution in [2.45, 2.75) is 31.3 Å². The van der Waals surface area contributed by atoms with Crippen LogP contribution < -0.4 is 4.74 Å². The van der Waals surface area contributed by atoms with E-state index in [1.807, 2.05) is 0 Å². The lowest BCUT2D eigenvalue weighted by Gasteiger charge is -2.28. The highest BCUT2D eigenvalue weighted by molar-refractivity contribution is 7.91. The van der Waals surface area contributed by atoms with Gasteiger partial charge in [-0.1, -0.05) is 17.7 Å². The van der Waals surface area contributed by atoms with Crippen LogP contribution in [0.25, 0.3) is 0 Å². The number of carbonyl (C=O) groups excluding carboxylic acids is 1. The number of ether oxygens (including phenoxy) is 1. The van der Waals surface area contributed by atoms with Crippen LogP contribution in [0.4, 0.5) is 0 Å². The molecule has 5 nitrogen and oxygen atoms in total. The van der Waals surface area contributed by atoms with Crippen LogP contribution in [0, 0.1) is 0 Å². The molecule has 1 aromatic carbocycles. The molecule has 0 unspecified atom stereocenters. The predicted octanol–water partition coefficient (Wildman–Crippen LogP) is 1.90. The first-order chi connectivity index (χ1) is 10.4. The fraction of sp³-hybridized carbons (Fsp3) is 0.533. The summed E-state index contributed by atoms with van der Waals surface area (Å²) in [5.41, 5.74) is 0. The molecule has 2 aliphatic rings. The Labute approximate surface area is 135 Å². The monoisotopic (exact) mass is 343 g/mol. The highest BCUT2D eigenvalue weighted by Crippen LogP contribution is 2.32. The van der Waals surface area contributed by atoms with Crippen molar-refractivity contribution >= 4 is 27.3 Å². The molecule has 1 saturated carbocycles. The molecule has 2 fully saturated rings. The molecule has 1 atom stereocenters. The number of carbonyl (C=O) groups is 1. The molecule has 120 valence electrons. The highest BCUT2D eigenvalue weighted by Gasteiger charge is 2.42. The summed E-state index contributed by atoms with van der Waals surface area (Å²) in [5.74, 6) is 0.635. The second-order valence-corrected chi connectivity index (χ2v) is 8.50. The van der Waals surface area contributed by atoms with Crippen LogP contribution in [0.2, 0.25) is 5.02 Å². The van der Waals surface area contributed by atoms with Gasteiger partial charge in [0.1, 0.15) is 5.75 Å². The van der Waals surface area contributed by atoms with Crippen molar-refractivity contribution in [3.63, 3.8) is 0 Å². The molecule has 22 heavy (non-hydrogen) atoms. The van der Waals surface area contributed by atoms with Crippen LogP contribution >= 0.6 is 11.6 Å². The van der Waals surface area contributed by atoms with Crippen molar-refractivity contribution in [2.24, 2.45) is 0 Å². The van der Waals surface area contributed by atoms with Crippen LogP contribution in [0.3, 0.4) is 0 Å². The summed E-state index contributed by atoms with van der Waals surface area (Å²) in [6.07, 6.45) is 2.42. The van der Waals surface area contributed by atoms with Gasteiger partial charge in [-0.25, -0.2) is 8.42 Å². The van der Waals surface area contributed by atoms with Gasteiger partial charge >= 0.3 is 0 Å². The molecule has 3 rings (SSSR count). The van der Waals surface area contributed by atoms with Gasteiger partial charge in [-0.05, 0) is 37.5 Å². The number of nitrogens with zero attached hydrogens (tertiary/aromatic N) is 1. The third-order valence-corrected chi connectivity index (χ3v) is 5.97. The summed E-state index contributed by atoms with van der Waals surface area (Å²) >= 11 is 5.88. The summed E-state index contributed by atoms with van der Waals surface area (Å²) in [5, 5.41) is 0.547. The lowest BCUT2D eigenvalue weighted by Crippen LogP contribution is -2.45. The Balaban J connectivity index is 1.63. The van der Waals surface area contributed by atoms with E-state index in [1.54, 1.807) is 29.2 Å². The molecule has 0 aromatic heterocycles. The lowest BCUT2D eigenvalue weighted by atomic mass is 10.2. The Morgan fingerprint density at radius 3 is 2.64 bits per heavy atom. The molecule has 1 heterocycles. The van der Waals surface area contributed by atoms with Crippen LogP contribution in [-0.4, -0.2) is 49.4 Å². The minimum Gasteiger partial charge on any atom is -0.484 e. The van der Waals surface area contributed by atoms with Crippen molar-refractivity contribution < 1.29 is 17.9 Å². The third-order valence-electron chi connectivity index (χ3n) is 3.99. The van der Waals surface area contributed by atoms with Crippen molar-refractivity contribution in [3.8, 4) is 5.75 Å². The first-order valence-electron chi connectivity index (χ1n) is 7.34. The number of rotatable bonds is 5. The first-order valence-corrected chi connectivity index (χ1v) is 9.54. The standard InChI is InChI=1S/C15H18ClNO4S/c16-11-2-1-3-14(8-11)21-9-15(18)17(12-4-5-12)13-6-7-22(19,20)10-13/h1-3,8,12-13H,4-7,9-10H2/t13-/m0/s1. The van der Waals surface area contributed by atoms with Crippen molar-refractivity contribution in [1.82, 2.24) is 4.90 Å². The molecule has 0 bridgehead atoms. The number of hydrogen-bond donors (Lipinski definition) is 0. The maximum absolute atomic E-state index is 12.5. The smallest absolute Gasteiger partial charge is 0.261 e. The Bertz CT molecular complexity index is 672. The van der Waals surface area contributed by atoms with E-state index in [1.165, 1.54) is 0 Å². The Morgan fingerprint density at radius 2 is 2.05 bits per heavy atom. The van der Waals surface area contributed by atoms with E-state index >= 15 is 0 Å². The summed E-state index contributed by atoms with van der Waals surface area (Å²) in [4.78, 5) is 14.2. The van der Waals surface area contributed by atoms with Crippen molar-refractivity contribution in [2.75, 3.05) is 18.1 Å². The number of hydrogen-bond acceptors (Lipinski definition) is 4. The van der Waals surface area contributed by atoms with Gasteiger partial charge in [-0.15, -0.1) is 0 Å². The quantitative estimate of drug-likeness (QED) is 0.819. The van der Waals surface area contributed by atoms with Crippen molar-refractivity contribution in [1.29, 1.82) is 0 Å². The largest absolute Gasteiger partial charge is 0.484 e. The van der Waals surface area contributed by atoms with Crippen LogP contribution in [-0.2, 0) is 14.6 Å². The van der Waals surface area contributed by atoms with Gasteiger partial charge in [0.25, 0.3) is 5.91 Å². The zero-order valence-electron chi connectivity index (χ0n) is 12.1. The maximum Gasteiger partial charge on any atom is 0.261 e. The molecular formula is C15H18ClNO4S. The topological polar surface area (TPSA) is 63.7 Å². The van der Waals surface area contributed by atoms with Gasteiger partial charge in [0.15, 0.2) is 16.4 Å². The second kappa shape index (κ2) is 6.08. The van der Waals surface area contributed by atoms with Gasteiger partial charge in [-0.3, -0.25) is 4.79 Å². The molecule has 7 heteroatoms. The molecular weight excluding hydrogens is 326 g/mol. The lowest BCUT2D eigenvalue weighted by molar-refractivity contribution is -0.135. The average molecular weight is 344 g/mol. The first kappa shape index (κ1) is 15.6. The Hall–Kier alpha value is -1.27. The average Bonchev–Trinajstić information content (AvgIpc) is 3.21. The predicted molar refractivity (Wildman–Crippen MR) is 83.9 cm³/mol. The number of sulfone groups is 1. The normalized spacial score (nSPS) is 23.2. The minimum atomic E-state index is -3.00. The minimum absolute atomic E-state index is 0.0758. The fourth-order valence-electron chi connectivity index (χ4n) is 2.83. The van der Waals surface area contributed by atoms with E-state index in [9.17, 15) is 13.2 Å². The third kappa shape index (κ3) is 3.73. The van der Waals surface area contributed by atoms with E-state index in [0.717, 1.165) is 12.8 Å². The zero-order valence-corrected chi connectivity index (χ0v) is 13.6. The highest BCUT2D eigenvalue weighted by atomic mass is 35.5. The van der Waals surface area contributed by atoms with Crippen LogP contribution in [0.1, 0.15) is 19.3 Å². The van der Waals surface area contributed by atoms with E-state index in [-0.39, 0.29) is 36.1 Å². The second-order valence-electron chi connectivity index (χ2n) is 5.84. The van der Waals surface area contributed by atoms with Crippen molar-refractivity contribution in [3.05, 3.63) is 29.3 Å². The summed E-state index contributed by atoms with van der Waals surface area (Å²) < 4.78 is 28.8. The fourth-order valence-corrected chi connectivity index (χ4v) is 4.72. The van der Waals surface area contributed by atoms with Gasteiger partial charge in [-0.2, -0.15) is 0 Å². The van der Waals surface area contributed by atoms with E-state index in [4.69, 9.17) is 16.3 Å². The van der Waals surface area contributed by atoms with E-state index in [0.29, 0.717) is 17.2 Å². The Kier molecular flexibility index (Phi) is 4.32. The van der Waals surface area contributed by atoms with E-state index < -0.39 is 9.84 Å². The molecule has 1 aromatic rings. The molecule has 1 aliphatic carbocycles. The van der Waals surface area contributed by atoms with Gasteiger partial charge in [0.2, 0.25) is 0 Å². The molecule has 1 saturated heterocycles. The SMILES string of the molecule is O=C(COc1cccc(Cl)c1)N(C1CC1)[C@H]1CCS(=O)(=O)C1. The maximum atomic E-state index is 12.5. The number of benzene rings is 1. The summed E-state index contributed by atoms with van der Waals surface area (Å²) in [7, 11) is -3.00. The molecule has 0 radical (unpaired) electrons. The number of amides is 1. The van der Waals surface area contributed by atoms with Crippen LogP contribution in [0.15, 0.2) is 24.3 Å². The Morgan fingerprint density at radius 1 is 1.27 bits per heavy atom. The summed E-state index contributed by atoms with van der Waals surface area (Å²) in [6, 6.07) is 6.85. The van der Waals surface area contributed by atoms with E-state index in [2.05, 4.69) is 0 Å². The van der Waals surface area contributed by atoms with Gasteiger partial charge < -0.3 is 9.64 Å². The zero-order chi connectivity index (χ0) is 15.7. The molecule has 0 spiro atoms. The van der Waals surface area contributed by atoms with Gasteiger partial charge in [0.05, 0.1) is 11.5 Å². The summed E-state index contributed by atoms with van der Waals surface area (Å²) in [6.45, 7) is -0.0899.